The van der Waals surface area contributed by atoms with E-state index in [1.54, 1.807) is 24.3 Å². The van der Waals surface area contributed by atoms with E-state index in [1.807, 2.05) is 0 Å². The third-order valence-electron chi connectivity index (χ3n) is 3.10. The Morgan fingerprint density at radius 3 is 2.50 bits per heavy atom. The summed E-state index contributed by atoms with van der Waals surface area (Å²) in [4.78, 5) is 0. The molecular weight excluding hydrogens is 300 g/mol. The number of hydrogen-bond donors (Lipinski definition) is 1. The second-order valence-corrected chi connectivity index (χ2v) is 5.35. The van der Waals surface area contributed by atoms with Crippen molar-refractivity contribution < 1.29 is 8.81 Å². The fourth-order valence-corrected chi connectivity index (χ4v) is 2.46. The minimum absolute atomic E-state index is 0.294. The van der Waals surface area contributed by atoms with Crippen LogP contribution >= 0.6 is 23.2 Å². The number of furan rings is 1. The molecule has 0 aliphatic carbocycles. The Kier molecular flexibility index (Phi) is 3.42. The predicted molar refractivity (Wildman–Crippen MR) is 78.7 cm³/mol. The molecule has 2 nitrogen and oxygen atoms in total. The molecule has 1 unspecified atom stereocenters. The van der Waals surface area contributed by atoms with Crippen molar-refractivity contribution in [3.63, 3.8) is 0 Å². The highest BCUT2D eigenvalue weighted by molar-refractivity contribution is 6.31. The summed E-state index contributed by atoms with van der Waals surface area (Å²) in [5, 5.41) is 1.86. The monoisotopic (exact) mass is 309 g/mol. The molecule has 2 aromatic carbocycles. The molecule has 0 aliphatic heterocycles. The molecule has 1 aromatic heterocycles. The molecular formula is C15H10Cl2FNO. The van der Waals surface area contributed by atoms with Gasteiger partial charge in [0.25, 0.3) is 0 Å². The smallest absolute Gasteiger partial charge is 0.134 e. The van der Waals surface area contributed by atoms with Gasteiger partial charge in [-0.25, -0.2) is 4.39 Å². The zero-order chi connectivity index (χ0) is 14.3. The van der Waals surface area contributed by atoms with Crippen molar-refractivity contribution >= 4 is 34.2 Å². The van der Waals surface area contributed by atoms with Crippen molar-refractivity contribution in [3.05, 3.63) is 69.7 Å². The Hall–Kier alpha value is -1.55. The zero-order valence-corrected chi connectivity index (χ0v) is 11.8. The Morgan fingerprint density at radius 2 is 1.70 bits per heavy atom. The first-order valence-corrected chi connectivity index (χ1v) is 6.70. The van der Waals surface area contributed by atoms with Crippen molar-refractivity contribution in [1.82, 2.24) is 0 Å². The second-order valence-electron chi connectivity index (χ2n) is 4.47. The van der Waals surface area contributed by atoms with Crippen molar-refractivity contribution in [2.75, 3.05) is 0 Å². The topological polar surface area (TPSA) is 39.2 Å². The van der Waals surface area contributed by atoms with Crippen molar-refractivity contribution in [1.29, 1.82) is 0 Å². The first kappa shape index (κ1) is 13.4. The second kappa shape index (κ2) is 5.09. The molecule has 0 saturated carbocycles. The Balaban J connectivity index is 2.07. The Morgan fingerprint density at radius 1 is 1.00 bits per heavy atom. The van der Waals surface area contributed by atoms with Gasteiger partial charge in [0.05, 0.1) is 6.04 Å². The first-order chi connectivity index (χ1) is 9.54. The maximum Gasteiger partial charge on any atom is 0.134 e. The largest absolute Gasteiger partial charge is 0.459 e. The molecule has 1 atom stereocenters. The van der Waals surface area contributed by atoms with E-state index in [4.69, 9.17) is 33.4 Å². The maximum absolute atomic E-state index is 13.8. The summed E-state index contributed by atoms with van der Waals surface area (Å²) in [7, 11) is 0. The highest BCUT2D eigenvalue weighted by Crippen LogP contribution is 2.30. The lowest BCUT2D eigenvalue weighted by atomic mass is 10.0. The molecule has 0 amide bonds. The predicted octanol–water partition coefficient (Wildman–Crippen LogP) is 4.93. The molecule has 0 fully saturated rings. The summed E-state index contributed by atoms with van der Waals surface area (Å²) in [6, 6.07) is 10.5. The normalized spacial score (nSPS) is 12.8. The van der Waals surface area contributed by atoms with E-state index < -0.39 is 11.9 Å². The average molecular weight is 310 g/mol. The summed E-state index contributed by atoms with van der Waals surface area (Å²) in [5.41, 5.74) is 7.01. The molecule has 3 rings (SSSR count). The summed E-state index contributed by atoms with van der Waals surface area (Å²) in [6.07, 6.45) is 0. The fraction of sp³-hybridized carbons (Fsp3) is 0.0667. The molecule has 0 spiro atoms. The number of halogens is 3. The molecule has 0 aliphatic rings. The van der Waals surface area contributed by atoms with Crippen LogP contribution in [0.25, 0.3) is 11.0 Å². The van der Waals surface area contributed by atoms with Gasteiger partial charge >= 0.3 is 0 Å². The van der Waals surface area contributed by atoms with E-state index in [-0.39, 0.29) is 0 Å². The Bertz CT molecular complexity index is 785. The number of fused-ring (bicyclic) bond motifs is 1. The summed E-state index contributed by atoms with van der Waals surface area (Å²) in [6.45, 7) is 0. The lowest BCUT2D eigenvalue weighted by Gasteiger charge is -2.10. The quantitative estimate of drug-likeness (QED) is 0.729. The van der Waals surface area contributed by atoms with Crippen LogP contribution in [-0.4, -0.2) is 0 Å². The highest BCUT2D eigenvalue weighted by atomic mass is 35.5. The van der Waals surface area contributed by atoms with Gasteiger partial charge in [-0.1, -0.05) is 23.2 Å². The summed E-state index contributed by atoms with van der Waals surface area (Å²) < 4.78 is 19.5. The lowest BCUT2D eigenvalue weighted by molar-refractivity contribution is 0.510. The van der Waals surface area contributed by atoms with Crippen LogP contribution in [-0.2, 0) is 0 Å². The summed E-state index contributed by atoms with van der Waals surface area (Å²) >= 11 is 11.8. The number of rotatable bonds is 2. The van der Waals surface area contributed by atoms with E-state index in [2.05, 4.69) is 0 Å². The minimum Gasteiger partial charge on any atom is -0.459 e. The fourth-order valence-electron chi connectivity index (χ4n) is 2.09. The number of nitrogens with two attached hydrogens (primary N) is 1. The van der Waals surface area contributed by atoms with Gasteiger partial charge in [-0.15, -0.1) is 0 Å². The maximum atomic E-state index is 13.8. The van der Waals surface area contributed by atoms with E-state index in [0.29, 0.717) is 27.0 Å². The van der Waals surface area contributed by atoms with E-state index in [9.17, 15) is 4.39 Å². The third kappa shape index (κ3) is 2.40. The molecule has 5 heteroatoms. The van der Waals surface area contributed by atoms with E-state index in [0.717, 1.165) is 5.39 Å². The van der Waals surface area contributed by atoms with Gasteiger partial charge in [-0.3, -0.25) is 0 Å². The molecule has 102 valence electrons. The number of hydrogen-bond acceptors (Lipinski definition) is 2. The van der Waals surface area contributed by atoms with E-state index in [1.165, 1.54) is 18.2 Å². The summed E-state index contributed by atoms with van der Waals surface area (Å²) in [5.74, 6) is 0.0452. The minimum atomic E-state index is -0.722. The van der Waals surface area contributed by atoms with Crippen molar-refractivity contribution in [2.24, 2.45) is 5.73 Å². The van der Waals surface area contributed by atoms with Gasteiger partial charge < -0.3 is 10.2 Å². The standard InChI is InChI=1S/C15H10Cl2FNO/c16-9-2-4-13-8(5-9)6-14(20-13)15(19)11-7-10(17)1-3-12(11)18/h1-7,15H,19H2. The van der Waals surface area contributed by atoms with Gasteiger partial charge in [0, 0.05) is 21.0 Å². The molecule has 1 heterocycles. The van der Waals surface area contributed by atoms with Crippen LogP contribution in [0.5, 0.6) is 0 Å². The van der Waals surface area contributed by atoms with Crippen molar-refractivity contribution in [3.8, 4) is 0 Å². The average Bonchev–Trinajstić information content (AvgIpc) is 2.83. The van der Waals surface area contributed by atoms with Gasteiger partial charge in [-0.05, 0) is 42.5 Å². The van der Waals surface area contributed by atoms with E-state index >= 15 is 0 Å². The van der Waals surface area contributed by atoms with Crippen molar-refractivity contribution in [2.45, 2.75) is 6.04 Å². The van der Waals surface area contributed by atoms with Gasteiger partial charge in [0.1, 0.15) is 17.2 Å². The SMILES string of the molecule is NC(c1cc2cc(Cl)ccc2o1)c1cc(Cl)ccc1F. The van der Waals surface area contributed by atoms with Crippen LogP contribution in [0.2, 0.25) is 10.0 Å². The number of benzene rings is 2. The van der Waals surface area contributed by atoms with Gasteiger partial charge in [0.15, 0.2) is 0 Å². The van der Waals surface area contributed by atoms with Crippen LogP contribution in [0.3, 0.4) is 0 Å². The molecule has 2 N–H and O–H groups in total. The molecule has 3 aromatic rings. The molecule has 0 bridgehead atoms. The Labute approximate surface area is 124 Å². The van der Waals surface area contributed by atoms with Crippen LogP contribution < -0.4 is 5.73 Å². The third-order valence-corrected chi connectivity index (χ3v) is 3.57. The zero-order valence-electron chi connectivity index (χ0n) is 10.2. The van der Waals surface area contributed by atoms with Crippen LogP contribution in [0.15, 0.2) is 46.9 Å². The van der Waals surface area contributed by atoms with Crippen LogP contribution in [0, 0.1) is 5.82 Å². The molecule has 0 saturated heterocycles. The van der Waals surface area contributed by atoms with Gasteiger partial charge in [-0.2, -0.15) is 0 Å². The molecule has 0 radical (unpaired) electrons. The first-order valence-electron chi connectivity index (χ1n) is 5.94. The van der Waals surface area contributed by atoms with Crippen LogP contribution in [0.4, 0.5) is 4.39 Å². The highest BCUT2D eigenvalue weighted by Gasteiger charge is 2.18. The van der Waals surface area contributed by atoms with Gasteiger partial charge in [0.2, 0.25) is 0 Å². The lowest BCUT2D eigenvalue weighted by Crippen LogP contribution is -2.12. The molecule has 20 heavy (non-hydrogen) atoms. The van der Waals surface area contributed by atoms with Crippen LogP contribution in [0.1, 0.15) is 17.4 Å².